The molecule has 1 aliphatic rings. The van der Waals surface area contributed by atoms with Crippen molar-refractivity contribution in [1.82, 2.24) is 9.97 Å². The molecule has 1 fully saturated rings. The fourth-order valence-electron chi connectivity index (χ4n) is 1.94. The number of aliphatic hydroxyl groups is 1. The molecule has 3 nitrogen and oxygen atoms in total. The molecule has 2 N–H and O–H groups in total. The summed E-state index contributed by atoms with van der Waals surface area (Å²) in [6.07, 6.45) is 7.86. The number of H-pyrrole nitrogens is 1. The van der Waals surface area contributed by atoms with Gasteiger partial charge in [-0.2, -0.15) is 0 Å². The van der Waals surface area contributed by atoms with E-state index in [1.165, 1.54) is 12.8 Å². The van der Waals surface area contributed by atoms with E-state index in [1.54, 1.807) is 12.4 Å². The van der Waals surface area contributed by atoms with Crippen LogP contribution in [0.4, 0.5) is 0 Å². The van der Waals surface area contributed by atoms with E-state index in [-0.39, 0.29) is 6.10 Å². The van der Waals surface area contributed by atoms with Crippen molar-refractivity contribution >= 4 is 0 Å². The summed E-state index contributed by atoms with van der Waals surface area (Å²) in [6.45, 7) is 0. The fraction of sp³-hybridized carbons (Fsp3) is 0.667. The highest BCUT2D eigenvalue weighted by molar-refractivity contribution is 4.95. The van der Waals surface area contributed by atoms with Crippen molar-refractivity contribution in [3.05, 3.63) is 18.2 Å². The third-order valence-electron chi connectivity index (χ3n) is 2.65. The monoisotopic (exact) mass is 166 g/mol. The Balaban J connectivity index is 2.04. The Hall–Kier alpha value is -0.830. The molecule has 1 heterocycles. The smallest absolute Gasteiger partial charge is 0.135 e. The van der Waals surface area contributed by atoms with Crippen molar-refractivity contribution in [2.45, 2.75) is 31.8 Å². The fourth-order valence-corrected chi connectivity index (χ4v) is 1.94. The van der Waals surface area contributed by atoms with Crippen LogP contribution in [0.3, 0.4) is 0 Å². The van der Waals surface area contributed by atoms with E-state index < -0.39 is 0 Å². The highest BCUT2D eigenvalue weighted by Gasteiger charge is 2.25. The average Bonchev–Trinajstić information content (AvgIpc) is 2.77. The first kappa shape index (κ1) is 7.80. The molecule has 1 aromatic heterocycles. The molecule has 1 unspecified atom stereocenters. The zero-order valence-electron chi connectivity index (χ0n) is 7.03. The summed E-state index contributed by atoms with van der Waals surface area (Å²) < 4.78 is 0. The van der Waals surface area contributed by atoms with E-state index >= 15 is 0 Å². The van der Waals surface area contributed by atoms with E-state index in [4.69, 9.17) is 0 Å². The second-order valence-corrected chi connectivity index (χ2v) is 3.46. The number of nitrogens with zero attached hydrogens (tertiary/aromatic N) is 1. The quantitative estimate of drug-likeness (QED) is 0.701. The lowest BCUT2D eigenvalue weighted by atomic mass is 10.0. The van der Waals surface area contributed by atoms with E-state index in [0.29, 0.717) is 5.92 Å². The van der Waals surface area contributed by atoms with E-state index in [1.807, 2.05) is 0 Å². The van der Waals surface area contributed by atoms with E-state index in [0.717, 1.165) is 18.7 Å². The topological polar surface area (TPSA) is 48.9 Å². The van der Waals surface area contributed by atoms with Crippen LogP contribution in [0.1, 0.15) is 37.6 Å². The summed E-state index contributed by atoms with van der Waals surface area (Å²) in [7, 11) is 0. The first-order valence-corrected chi connectivity index (χ1v) is 4.55. The second kappa shape index (κ2) is 3.27. The number of hydrogen-bond acceptors (Lipinski definition) is 2. The van der Waals surface area contributed by atoms with Crippen LogP contribution < -0.4 is 0 Å². The number of aromatic amines is 1. The van der Waals surface area contributed by atoms with Crippen molar-refractivity contribution in [3.8, 4) is 0 Å². The van der Waals surface area contributed by atoms with Gasteiger partial charge in [0.15, 0.2) is 0 Å². The standard InChI is InChI=1S/C9H14N2O/c12-8(7-3-1-2-4-7)9-10-5-6-11-9/h5-8,12H,1-4H2,(H,10,11). The highest BCUT2D eigenvalue weighted by atomic mass is 16.3. The molecule has 3 heteroatoms. The van der Waals surface area contributed by atoms with E-state index in [2.05, 4.69) is 9.97 Å². The van der Waals surface area contributed by atoms with Crippen molar-refractivity contribution in [3.63, 3.8) is 0 Å². The first-order chi connectivity index (χ1) is 5.88. The summed E-state index contributed by atoms with van der Waals surface area (Å²) in [5.41, 5.74) is 0. The Bertz CT molecular complexity index is 227. The van der Waals surface area contributed by atoms with E-state index in [9.17, 15) is 5.11 Å². The molecular formula is C9H14N2O. The minimum absolute atomic E-state index is 0.373. The molecule has 2 rings (SSSR count). The normalized spacial score (nSPS) is 21.4. The van der Waals surface area contributed by atoms with Gasteiger partial charge in [0.1, 0.15) is 11.9 Å². The number of hydrogen-bond donors (Lipinski definition) is 2. The Morgan fingerprint density at radius 3 is 2.83 bits per heavy atom. The molecule has 66 valence electrons. The SMILES string of the molecule is OC(c1ncc[nH]1)C1CCCC1. The molecule has 0 spiro atoms. The molecule has 0 saturated heterocycles. The predicted octanol–water partition coefficient (Wildman–Crippen LogP) is 1.63. The van der Waals surface area contributed by atoms with Crippen LogP contribution in [0.2, 0.25) is 0 Å². The van der Waals surface area contributed by atoms with Gasteiger partial charge in [0.2, 0.25) is 0 Å². The van der Waals surface area contributed by atoms with Crippen LogP contribution in [-0.4, -0.2) is 15.1 Å². The van der Waals surface area contributed by atoms with Crippen molar-refractivity contribution in [1.29, 1.82) is 0 Å². The lowest BCUT2D eigenvalue weighted by Gasteiger charge is -2.14. The predicted molar refractivity (Wildman–Crippen MR) is 45.5 cm³/mol. The molecule has 0 aromatic carbocycles. The van der Waals surface area contributed by atoms with Crippen LogP contribution >= 0.6 is 0 Å². The van der Waals surface area contributed by atoms with Gasteiger partial charge in [-0.15, -0.1) is 0 Å². The maximum absolute atomic E-state index is 9.82. The summed E-state index contributed by atoms with van der Waals surface area (Å²) >= 11 is 0. The van der Waals surface area contributed by atoms with Gasteiger partial charge in [-0.3, -0.25) is 0 Å². The molecule has 0 aliphatic heterocycles. The van der Waals surface area contributed by atoms with Gasteiger partial charge in [-0.05, 0) is 18.8 Å². The van der Waals surface area contributed by atoms with Crippen LogP contribution in [0.15, 0.2) is 12.4 Å². The van der Waals surface area contributed by atoms with Crippen molar-refractivity contribution < 1.29 is 5.11 Å². The molecule has 0 bridgehead atoms. The highest BCUT2D eigenvalue weighted by Crippen LogP contribution is 2.33. The maximum Gasteiger partial charge on any atom is 0.135 e. The minimum atomic E-state index is -0.373. The maximum atomic E-state index is 9.82. The number of nitrogens with one attached hydrogen (secondary N) is 1. The summed E-state index contributed by atoms with van der Waals surface area (Å²) in [6, 6.07) is 0. The Kier molecular flexibility index (Phi) is 2.13. The first-order valence-electron chi connectivity index (χ1n) is 4.55. The van der Waals surface area contributed by atoms with Gasteiger partial charge >= 0.3 is 0 Å². The largest absolute Gasteiger partial charge is 0.385 e. The zero-order chi connectivity index (χ0) is 8.39. The Morgan fingerprint density at radius 1 is 1.50 bits per heavy atom. The summed E-state index contributed by atoms with van der Waals surface area (Å²) in [4.78, 5) is 7.01. The molecule has 0 amide bonds. The van der Waals surface area contributed by atoms with Gasteiger partial charge in [-0.1, -0.05) is 12.8 Å². The molecule has 0 radical (unpaired) electrons. The molecule has 12 heavy (non-hydrogen) atoms. The van der Waals surface area contributed by atoms with Crippen molar-refractivity contribution in [2.75, 3.05) is 0 Å². The molecule has 1 aromatic rings. The van der Waals surface area contributed by atoms with Crippen molar-refractivity contribution in [2.24, 2.45) is 5.92 Å². The van der Waals surface area contributed by atoms with Gasteiger partial charge in [-0.25, -0.2) is 4.98 Å². The molecular weight excluding hydrogens is 152 g/mol. The summed E-state index contributed by atoms with van der Waals surface area (Å²) in [5, 5.41) is 9.82. The number of aliphatic hydroxyl groups excluding tert-OH is 1. The lowest BCUT2D eigenvalue weighted by Crippen LogP contribution is -2.10. The number of aromatic nitrogens is 2. The lowest BCUT2D eigenvalue weighted by molar-refractivity contribution is 0.104. The van der Waals surface area contributed by atoms with Crippen LogP contribution in [0.5, 0.6) is 0 Å². The van der Waals surface area contributed by atoms with Crippen LogP contribution in [-0.2, 0) is 0 Å². The summed E-state index contributed by atoms with van der Waals surface area (Å²) in [5.74, 6) is 1.15. The van der Waals surface area contributed by atoms with Crippen LogP contribution in [0, 0.1) is 5.92 Å². The third kappa shape index (κ3) is 1.37. The number of imidazole rings is 1. The molecule has 1 saturated carbocycles. The number of rotatable bonds is 2. The molecule has 1 aliphatic carbocycles. The Morgan fingerprint density at radius 2 is 2.25 bits per heavy atom. The molecule has 1 atom stereocenters. The van der Waals surface area contributed by atoms with Gasteiger partial charge in [0, 0.05) is 12.4 Å². The van der Waals surface area contributed by atoms with Crippen LogP contribution in [0.25, 0.3) is 0 Å². The zero-order valence-corrected chi connectivity index (χ0v) is 7.03. The van der Waals surface area contributed by atoms with Gasteiger partial charge in [0.05, 0.1) is 0 Å². The van der Waals surface area contributed by atoms with Gasteiger partial charge in [0.25, 0.3) is 0 Å². The third-order valence-corrected chi connectivity index (χ3v) is 2.65. The van der Waals surface area contributed by atoms with Gasteiger partial charge < -0.3 is 10.1 Å². The minimum Gasteiger partial charge on any atom is -0.385 e. The Labute approximate surface area is 71.8 Å². The second-order valence-electron chi connectivity index (χ2n) is 3.46. The average molecular weight is 166 g/mol.